The molecule has 78 valence electrons. The molecule has 0 unspecified atom stereocenters. The molecule has 0 atom stereocenters. The highest BCUT2D eigenvalue weighted by Crippen LogP contribution is 2.25. The Bertz CT molecular complexity index is 517. The molecule has 1 nitrogen and oxygen atoms in total. The largest absolute Gasteiger partial charge is 0.240 e. The van der Waals surface area contributed by atoms with Crippen molar-refractivity contribution in [3.63, 3.8) is 0 Å². The minimum atomic E-state index is 0.978. The van der Waals surface area contributed by atoms with Crippen molar-refractivity contribution in [1.82, 2.24) is 4.98 Å². The second kappa shape index (κ2) is 3.93. The number of hydrogen-bond donors (Lipinski definition) is 0. The van der Waals surface area contributed by atoms with Crippen LogP contribution < -0.4 is 0 Å². The molecule has 0 saturated carbocycles. The van der Waals surface area contributed by atoms with E-state index in [1.165, 1.54) is 22.1 Å². The molecule has 2 rings (SSSR count). The zero-order chi connectivity index (χ0) is 11.0. The minimum Gasteiger partial charge on any atom is -0.240 e. The minimum absolute atomic E-state index is 0.978. The zero-order valence-corrected chi connectivity index (χ0v) is 10.9. The lowest BCUT2D eigenvalue weighted by Gasteiger charge is -2.08. The average Bonchev–Trinajstić information content (AvgIpc) is 2.24. The van der Waals surface area contributed by atoms with Crippen molar-refractivity contribution in [3.8, 4) is 0 Å². The summed E-state index contributed by atoms with van der Waals surface area (Å²) in [5.74, 6) is 0. The number of nitrogens with zero attached hydrogens (tertiary/aromatic N) is 1. The van der Waals surface area contributed by atoms with Gasteiger partial charge in [0.15, 0.2) is 0 Å². The summed E-state index contributed by atoms with van der Waals surface area (Å²) >= 11 is 3.53. The highest BCUT2D eigenvalue weighted by Gasteiger charge is 2.06. The predicted octanol–water partition coefficient (Wildman–Crippen LogP) is 4.18. The van der Waals surface area contributed by atoms with Crippen molar-refractivity contribution in [2.75, 3.05) is 0 Å². The van der Waals surface area contributed by atoms with Crippen LogP contribution >= 0.6 is 15.9 Å². The Morgan fingerprint density at radius 3 is 2.67 bits per heavy atom. The fraction of sp³-hybridized carbons (Fsp3) is 0.308. The van der Waals surface area contributed by atoms with Gasteiger partial charge in [0.2, 0.25) is 0 Å². The van der Waals surface area contributed by atoms with E-state index in [0.717, 1.165) is 16.5 Å². The highest BCUT2D eigenvalue weighted by atomic mass is 79.9. The van der Waals surface area contributed by atoms with Crippen LogP contribution in [0.5, 0.6) is 0 Å². The molecule has 1 heterocycles. The maximum Gasteiger partial charge on any atom is 0.110 e. The number of halogens is 1. The molecule has 2 heteroatoms. The van der Waals surface area contributed by atoms with Gasteiger partial charge in [-0.05, 0) is 59.0 Å². The lowest BCUT2D eigenvalue weighted by atomic mass is 10.0. The molecule has 0 saturated heterocycles. The predicted molar refractivity (Wildman–Crippen MR) is 68.3 cm³/mol. The Kier molecular flexibility index (Phi) is 2.79. The lowest BCUT2D eigenvalue weighted by Crippen LogP contribution is -1.92. The molecule has 0 aliphatic rings. The molecule has 0 aliphatic heterocycles. The Morgan fingerprint density at radius 1 is 1.27 bits per heavy atom. The van der Waals surface area contributed by atoms with E-state index in [1.807, 2.05) is 0 Å². The van der Waals surface area contributed by atoms with E-state index in [9.17, 15) is 0 Å². The maximum absolute atomic E-state index is 4.62. The normalized spacial score (nSPS) is 10.9. The van der Waals surface area contributed by atoms with Gasteiger partial charge in [-0.1, -0.05) is 19.1 Å². The average molecular weight is 264 g/mol. The monoisotopic (exact) mass is 263 g/mol. The van der Waals surface area contributed by atoms with Crippen molar-refractivity contribution in [2.24, 2.45) is 0 Å². The van der Waals surface area contributed by atoms with Gasteiger partial charge in [-0.15, -0.1) is 0 Å². The van der Waals surface area contributed by atoms with Crippen molar-refractivity contribution in [1.29, 1.82) is 0 Å². The second-order valence-corrected chi connectivity index (χ2v) is 4.62. The van der Waals surface area contributed by atoms with Gasteiger partial charge in [0.1, 0.15) is 4.60 Å². The summed E-state index contributed by atoms with van der Waals surface area (Å²) in [6.45, 7) is 6.40. The van der Waals surface area contributed by atoms with Gasteiger partial charge in [-0.3, -0.25) is 0 Å². The first-order valence-electron chi connectivity index (χ1n) is 5.18. The van der Waals surface area contributed by atoms with E-state index in [2.05, 4.69) is 59.9 Å². The molecule has 0 bridgehead atoms. The number of rotatable bonds is 1. The highest BCUT2D eigenvalue weighted by molar-refractivity contribution is 9.10. The van der Waals surface area contributed by atoms with Crippen LogP contribution in [0.4, 0.5) is 0 Å². The quantitative estimate of drug-likeness (QED) is 0.704. The fourth-order valence-corrected chi connectivity index (χ4v) is 2.32. The van der Waals surface area contributed by atoms with Crippen LogP contribution in [0.3, 0.4) is 0 Å². The SMILES string of the molecule is CCc1cc2ccc(C)c(C)c2nc1Br. The van der Waals surface area contributed by atoms with E-state index in [-0.39, 0.29) is 0 Å². The van der Waals surface area contributed by atoms with Gasteiger partial charge < -0.3 is 0 Å². The van der Waals surface area contributed by atoms with Gasteiger partial charge in [-0.25, -0.2) is 4.98 Å². The summed E-state index contributed by atoms with van der Waals surface area (Å²) in [6, 6.07) is 6.53. The Morgan fingerprint density at radius 2 is 2.00 bits per heavy atom. The van der Waals surface area contributed by atoms with E-state index in [4.69, 9.17) is 0 Å². The first-order valence-corrected chi connectivity index (χ1v) is 5.98. The van der Waals surface area contributed by atoms with Crippen molar-refractivity contribution in [2.45, 2.75) is 27.2 Å². The molecule has 0 fully saturated rings. The second-order valence-electron chi connectivity index (χ2n) is 3.87. The van der Waals surface area contributed by atoms with Crippen LogP contribution in [-0.4, -0.2) is 4.98 Å². The van der Waals surface area contributed by atoms with Crippen LogP contribution in [0.1, 0.15) is 23.6 Å². The Hall–Kier alpha value is -0.890. The molecule has 0 radical (unpaired) electrons. The topological polar surface area (TPSA) is 12.9 Å². The third-order valence-corrected chi connectivity index (χ3v) is 3.61. The number of pyridine rings is 1. The van der Waals surface area contributed by atoms with Gasteiger partial charge in [-0.2, -0.15) is 0 Å². The molecule has 15 heavy (non-hydrogen) atoms. The van der Waals surface area contributed by atoms with Crippen LogP contribution in [0.25, 0.3) is 10.9 Å². The van der Waals surface area contributed by atoms with E-state index in [0.29, 0.717) is 0 Å². The summed E-state index contributed by atoms with van der Waals surface area (Å²) < 4.78 is 0.978. The Labute approximate surface area is 98.7 Å². The van der Waals surface area contributed by atoms with Gasteiger partial charge in [0.05, 0.1) is 5.52 Å². The van der Waals surface area contributed by atoms with Crippen LogP contribution in [0, 0.1) is 13.8 Å². The van der Waals surface area contributed by atoms with Crippen molar-refractivity contribution in [3.05, 3.63) is 39.5 Å². The maximum atomic E-state index is 4.62. The number of benzene rings is 1. The van der Waals surface area contributed by atoms with E-state index in [1.54, 1.807) is 0 Å². The molecule has 0 spiro atoms. The zero-order valence-electron chi connectivity index (χ0n) is 9.26. The number of aryl methyl sites for hydroxylation is 3. The number of aromatic nitrogens is 1. The summed E-state index contributed by atoms with van der Waals surface area (Å²) in [4.78, 5) is 4.62. The summed E-state index contributed by atoms with van der Waals surface area (Å²) in [7, 11) is 0. The smallest absolute Gasteiger partial charge is 0.110 e. The molecule has 0 N–H and O–H groups in total. The third kappa shape index (κ3) is 1.78. The van der Waals surface area contributed by atoms with Gasteiger partial charge >= 0.3 is 0 Å². The summed E-state index contributed by atoms with van der Waals surface area (Å²) in [5.41, 5.74) is 4.95. The Balaban J connectivity index is 2.81. The van der Waals surface area contributed by atoms with E-state index < -0.39 is 0 Å². The molecule has 2 aromatic rings. The molecular formula is C13H14BrN. The first kappa shape index (κ1) is 10.6. The molecule has 1 aromatic heterocycles. The van der Waals surface area contributed by atoms with Crippen LogP contribution in [-0.2, 0) is 6.42 Å². The van der Waals surface area contributed by atoms with Crippen LogP contribution in [0.15, 0.2) is 22.8 Å². The summed E-state index contributed by atoms with van der Waals surface area (Å²) in [5, 5.41) is 1.23. The van der Waals surface area contributed by atoms with Crippen molar-refractivity contribution < 1.29 is 0 Å². The number of hydrogen-bond acceptors (Lipinski definition) is 1. The van der Waals surface area contributed by atoms with E-state index >= 15 is 0 Å². The molecule has 0 amide bonds. The van der Waals surface area contributed by atoms with Crippen LogP contribution in [0.2, 0.25) is 0 Å². The first-order chi connectivity index (χ1) is 7.13. The lowest BCUT2D eigenvalue weighted by molar-refractivity contribution is 1.09. The standard InChI is InChI=1S/C13H14BrN/c1-4-10-7-11-6-5-8(2)9(3)12(11)15-13(10)14/h5-7H,4H2,1-3H3. The van der Waals surface area contributed by atoms with Crippen molar-refractivity contribution >= 4 is 26.8 Å². The third-order valence-electron chi connectivity index (χ3n) is 2.92. The molecule has 0 aliphatic carbocycles. The van der Waals surface area contributed by atoms with Gasteiger partial charge in [0.25, 0.3) is 0 Å². The van der Waals surface area contributed by atoms with Gasteiger partial charge in [0, 0.05) is 5.39 Å². The fourth-order valence-electron chi connectivity index (χ4n) is 1.75. The molecule has 1 aromatic carbocycles. The summed E-state index contributed by atoms with van der Waals surface area (Å²) in [6.07, 6.45) is 1.01. The molecular weight excluding hydrogens is 250 g/mol. The number of fused-ring (bicyclic) bond motifs is 1.